The third kappa shape index (κ3) is 6.93. The van der Waals surface area contributed by atoms with Crippen LogP contribution in [0.2, 0.25) is 0 Å². The van der Waals surface area contributed by atoms with Gasteiger partial charge in [-0.3, -0.25) is 9.59 Å². The lowest BCUT2D eigenvalue weighted by atomic mass is 9.79. The molecule has 0 aromatic carbocycles. The van der Waals surface area contributed by atoms with E-state index in [9.17, 15) is 14.7 Å². The first-order valence-corrected chi connectivity index (χ1v) is 7.78. The second-order valence-corrected chi connectivity index (χ2v) is 7.68. The first-order valence-electron chi connectivity index (χ1n) is 7.78. The summed E-state index contributed by atoms with van der Waals surface area (Å²) in [5, 5.41) is 21.7. The molecule has 1 unspecified atom stereocenters. The lowest BCUT2D eigenvalue weighted by Crippen LogP contribution is -2.37. The Bertz CT molecular complexity index is 367. The first-order chi connectivity index (χ1) is 9.62. The van der Waals surface area contributed by atoms with Gasteiger partial charge >= 0.3 is 5.97 Å². The molecule has 1 fully saturated rings. The van der Waals surface area contributed by atoms with Crippen LogP contribution >= 0.6 is 0 Å². The topological polar surface area (TPSA) is 86.6 Å². The monoisotopic (exact) mass is 299 g/mol. The van der Waals surface area contributed by atoms with E-state index in [1.807, 2.05) is 20.8 Å². The fourth-order valence-electron chi connectivity index (χ4n) is 3.28. The maximum atomic E-state index is 12.0. The van der Waals surface area contributed by atoms with E-state index in [2.05, 4.69) is 5.32 Å². The Morgan fingerprint density at radius 2 is 1.76 bits per heavy atom. The summed E-state index contributed by atoms with van der Waals surface area (Å²) in [6.45, 7) is 6.36. The number of carboxylic acid groups (broad SMARTS) is 1. The summed E-state index contributed by atoms with van der Waals surface area (Å²) >= 11 is 0. The van der Waals surface area contributed by atoms with Gasteiger partial charge in [-0.05, 0) is 30.1 Å². The number of aliphatic carboxylic acids is 1. The molecule has 0 heterocycles. The molecule has 0 bridgehead atoms. The summed E-state index contributed by atoms with van der Waals surface area (Å²) in [6.07, 6.45) is 3.96. The van der Waals surface area contributed by atoms with E-state index in [1.165, 1.54) is 0 Å². The molecule has 0 radical (unpaired) electrons. The predicted molar refractivity (Wildman–Crippen MR) is 80.9 cm³/mol. The SMILES string of the molecule is CC(C)(C)CC(O)CNC(=O)CC1(CC(=O)O)CCCC1. The molecular formula is C16H29NO4. The van der Waals surface area contributed by atoms with Gasteiger partial charge in [0.1, 0.15) is 0 Å². The molecule has 1 saturated carbocycles. The van der Waals surface area contributed by atoms with Crippen molar-refractivity contribution in [3.05, 3.63) is 0 Å². The Kier molecular flexibility index (Phi) is 6.20. The molecule has 3 N–H and O–H groups in total. The summed E-state index contributed by atoms with van der Waals surface area (Å²) < 4.78 is 0. The van der Waals surface area contributed by atoms with Crippen LogP contribution in [-0.2, 0) is 9.59 Å². The third-order valence-corrected chi connectivity index (χ3v) is 4.11. The fourth-order valence-corrected chi connectivity index (χ4v) is 3.28. The van der Waals surface area contributed by atoms with Crippen molar-refractivity contribution in [2.45, 2.75) is 71.8 Å². The number of aliphatic hydroxyl groups is 1. The number of nitrogens with one attached hydrogen (secondary N) is 1. The number of rotatable bonds is 7. The predicted octanol–water partition coefficient (Wildman–Crippen LogP) is 2.32. The van der Waals surface area contributed by atoms with Gasteiger partial charge in [-0.25, -0.2) is 0 Å². The van der Waals surface area contributed by atoms with Crippen LogP contribution in [0.3, 0.4) is 0 Å². The quantitative estimate of drug-likeness (QED) is 0.673. The molecule has 1 aliphatic rings. The molecule has 122 valence electrons. The van der Waals surface area contributed by atoms with E-state index >= 15 is 0 Å². The lowest BCUT2D eigenvalue weighted by Gasteiger charge is -2.27. The van der Waals surface area contributed by atoms with Crippen LogP contribution in [0.15, 0.2) is 0 Å². The molecule has 0 aliphatic heterocycles. The molecule has 5 nitrogen and oxygen atoms in total. The van der Waals surface area contributed by atoms with Gasteiger partial charge in [-0.1, -0.05) is 33.6 Å². The van der Waals surface area contributed by atoms with Crippen molar-refractivity contribution < 1.29 is 19.8 Å². The van der Waals surface area contributed by atoms with E-state index in [-0.39, 0.29) is 36.1 Å². The minimum absolute atomic E-state index is 0.0140. The first kappa shape index (κ1) is 18.0. The minimum atomic E-state index is -0.836. The number of amides is 1. The second kappa shape index (κ2) is 7.25. The third-order valence-electron chi connectivity index (χ3n) is 4.11. The molecule has 1 rings (SSSR count). The average molecular weight is 299 g/mol. The van der Waals surface area contributed by atoms with Gasteiger partial charge in [-0.2, -0.15) is 0 Å². The number of aliphatic hydroxyl groups excluding tert-OH is 1. The summed E-state index contributed by atoms with van der Waals surface area (Å²) in [5.74, 6) is -0.983. The summed E-state index contributed by atoms with van der Waals surface area (Å²) in [6, 6.07) is 0. The maximum absolute atomic E-state index is 12.0. The van der Waals surface area contributed by atoms with Gasteiger partial charge < -0.3 is 15.5 Å². The number of hydrogen-bond donors (Lipinski definition) is 3. The van der Waals surface area contributed by atoms with Gasteiger partial charge in [0.15, 0.2) is 0 Å². The Balaban J connectivity index is 2.43. The molecule has 0 aromatic rings. The summed E-state index contributed by atoms with van der Waals surface area (Å²) in [4.78, 5) is 23.0. The van der Waals surface area contributed by atoms with Crippen molar-refractivity contribution in [3.63, 3.8) is 0 Å². The molecule has 5 heteroatoms. The zero-order valence-electron chi connectivity index (χ0n) is 13.4. The second-order valence-electron chi connectivity index (χ2n) is 7.68. The van der Waals surface area contributed by atoms with Crippen molar-refractivity contribution in [3.8, 4) is 0 Å². The van der Waals surface area contributed by atoms with Crippen LogP contribution in [0.5, 0.6) is 0 Å². The highest BCUT2D eigenvalue weighted by Crippen LogP contribution is 2.43. The van der Waals surface area contributed by atoms with Crippen LogP contribution in [0.25, 0.3) is 0 Å². The van der Waals surface area contributed by atoms with E-state index in [0.717, 1.165) is 25.7 Å². The highest BCUT2D eigenvalue weighted by molar-refractivity contribution is 5.78. The van der Waals surface area contributed by atoms with Gasteiger partial charge in [-0.15, -0.1) is 0 Å². The van der Waals surface area contributed by atoms with Gasteiger partial charge in [0.25, 0.3) is 0 Å². The fraction of sp³-hybridized carbons (Fsp3) is 0.875. The van der Waals surface area contributed by atoms with Crippen molar-refractivity contribution >= 4 is 11.9 Å². The van der Waals surface area contributed by atoms with Crippen LogP contribution in [0.4, 0.5) is 0 Å². The summed E-state index contributed by atoms with van der Waals surface area (Å²) in [7, 11) is 0. The molecule has 0 spiro atoms. The zero-order chi connectivity index (χ0) is 16.1. The van der Waals surface area contributed by atoms with Crippen LogP contribution < -0.4 is 5.32 Å². The van der Waals surface area contributed by atoms with Gasteiger partial charge in [0.05, 0.1) is 12.5 Å². The Morgan fingerprint density at radius 1 is 1.19 bits per heavy atom. The van der Waals surface area contributed by atoms with Crippen molar-refractivity contribution in [2.75, 3.05) is 6.54 Å². The zero-order valence-corrected chi connectivity index (χ0v) is 13.4. The molecule has 1 aliphatic carbocycles. The smallest absolute Gasteiger partial charge is 0.303 e. The molecule has 0 aromatic heterocycles. The average Bonchev–Trinajstić information content (AvgIpc) is 2.71. The van der Waals surface area contributed by atoms with Crippen LogP contribution in [0.1, 0.15) is 65.7 Å². The van der Waals surface area contributed by atoms with E-state index in [0.29, 0.717) is 6.42 Å². The summed E-state index contributed by atoms with van der Waals surface area (Å²) in [5.41, 5.74) is -0.370. The van der Waals surface area contributed by atoms with E-state index in [4.69, 9.17) is 5.11 Å². The van der Waals surface area contributed by atoms with Gasteiger partial charge in [0, 0.05) is 13.0 Å². The van der Waals surface area contributed by atoms with Gasteiger partial charge in [0.2, 0.25) is 5.91 Å². The molecule has 0 saturated heterocycles. The van der Waals surface area contributed by atoms with Crippen molar-refractivity contribution in [2.24, 2.45) is 10.8 Å². The van der Waals surface area contributed by atoms with Crippen molar-refractivity contribution in [1.29, 1.82) is 0 Å². The largest absolute Gasteiger partial charge is 0.481 e. The Morgan fingerprint density at radius 3 is 2.24 bits per heavy atom. The lowest BCUT2D eigenvalue weighted by molar-refractivity contribution is -0.140. The normalized spacial score (nSPS) is 19.2. The molecule has 1 amide bonds. The maximum Gasteiger partial charge on any atom is 0.303 e. The molecular weight excluding hydrogens is 270 g/mol. The minimum Gasteiger partial charge on any atom is -0.481 e. The number of hydrogen-bond acceptors (Lipinski definition) is 3. The number of carbonyl (C=O) groups excluding carboxylic acids is 1. The highest BCUT2D eigenvalue weighted by Gasteiger charge is 2.38. The molecule has 21 heavy (non-hydrogen) atoms. The van der Waals surface area contributed by atoms with Crippen LogP contribution in [0, 0.1) is 10.8 Å². The van der Waals surface area contributed by atoms with E-state index < -0.39 is 12.1 Å². The van der Waals surface area contributed by atoms with Crippen LogP contribution in [-0.4, -0.2) is 34.7 Å². The van der Waals surface area contributed by atoms with Crippen molar-refractivity contribution in [1.82, 2.24) is 5.32 Å². The number of carboxylic acids is 1. The highest BCUT2D eigenvalue weighted by atomic mass is 16.4. The number of carbonyl (C=O) groups is 2. The Labute approximate surface area is 127 Å². The standard InChI is InChI=1S/C16H29NO4/c1-15(2,3)8-12(18)11-17-13(19)9-16(10-14(20)21)6-4-5-7-16/h12,18H,4-11H2,1-3H3,(H,17,19)(H,20,21). The van der Waals surface area contributed by atoms with E-state index in [1.54, 1.807) is 0 Å². The Hall–Kier alpha value is -1.10. The molecule has 1 atom stereocenters.